The van der Waals surface area contributed by atoms with E-state index in [0.29, 0.717) is 12.2 Å². The van der Waals surface area contributed by atoms with Crippen LogP contribution >= 0.6 is 0 Å². The zero-order valence-corrected chi connectivity index (χ0v) is 12.3. The number of anilines is 1. The quantitative estimate of drug-likeness (QED) is 0.796. The van der Waals surface area contributed by atoms with E-state index >= 15 is 0 Å². The van der Waals surface area contributed by atoms with Crippen molar-refractivity contribution in [1.29, 1.82) is 0 Å². The van der Waals surface area contributed by atoms with Crippen LogP contribution in [0, 0.1) is 0 Å². The van der Waals surface area contributed by atoms with Gasteiger partial charge in [0, 0.05) is 30.4 Å². The molecule has 0 aliphatic carbocycles. The van der Waals surface area contributed by atoms with Gasteiger partial charge < -0.3 is 19.8 Å². The molecule has 0 saturated heterocycles. The number of hydrogen-bond acceptors (Lipinski definition) is 4. The van der Waals surface area contributed by atoms with Crippen LogP contribution in [0.3, 0.4) is 0 Å². The van der Waals surface area contributed by atoms with Crippen molar-refractivity contribution in [3.8, 4) is 5.75 Å². The molecule has 19 heavy (non-hydrogen) atoms. The highest BCUT2D eigenvalue weighted by Gasteiger charge is 2.20. The van der Waals surface area contributed by atoms with Gasteiger partial charge in [-0.3, -0.25) is 0 Å². The summed E-state index contributed by atoms with van der Waals surface area (Å²) in [4.78, 5) is 2.18. The molecule has 0 aromatic heterocycles. The van der Waals surface area contributed by atoms with E-state index in [1.807, 2.05) is 18.2 Å². The molecule has 4 nitrogen and oxygen atoms in total. The van der Waals surface area contributed by atoms with Gasteiger partial charge in [-0.25, -0.2) is 0 Å². The summed E-state index contributed by atoms with van der Waals surface area (Å²) in [5, 5.41) is 19.0. The number of nitrogens with zero attached hydrogens (tertiary/aromatic N) is 1. The molecule has 0 saturated carbocycles. The number of ether oxygens (including phenoxy) is 1. The molecule has 1 aromatic carbocycles. The standard InChI is InChI=1S/C15H25NO3/c1-11(2)16(9-6-10-17)13-7-5-8-14(19-4)15(13)12(3)18/h5,7-8,11-12,17-18H,6,9-10H2,1-4H3/t12-/m0/s1. The summed E-state index contributed by atoms with van der Waals surface area (Å²) in [5.74, 6) is 0.696. The van der Waals surface area contributed by atoms with Crippen molar-refractivity contribution in [2.75, 3.05) is 25.2 Å². The Kier molecular flexibility index (Phi) is 6.12. The lowest BCUT2D eigenvalue weighted by Gasteiger charge is -2.32. The lowest BCUT2D eigenvalue weighted by Crippen LogP contribution is -2.33. The Bertz CT molecular complexity index is 391. The number of hydrogen-bond donors (Lipinski definition) is 2. The Morgan fingerprint density at radius 3 is 2.42 bits per heavy atom. The fourth-order valence-electron chi connectivity index (χ4n) is 2.28. The molecule has 0 bridgehead atoms. The van der Waals surface area contributed by atoms with Crippen molar-refractivity contribution in [2.24, 2.45) is 0 Å². The maximum atomic E-state index is 10.0. The van der Waals surface area contributed by atoms with Gasteiger partial charge >= 0.3 is 0 Å². The van der Waals surface area contributed by atoms with Gasteiger partial charge in [0.25, 0.3) is 0 Å². The molecule has 1 rings (SSSR count). The molecule has 0 aliphatic rings. The van der Waals surface area contributed by atoms with E-state index in [4.69, 9.17) is 9.84 Å². The van der Waals surface area contributed by atoms with Gasteiger partial charge in [-0.15, -0.1) is 0 Å². The third-order valence-electron chi connectivity index (χ3n) is 3.17. The smallest absolute Gasteiger partial charge is 0.126 e. The van der Waals surface area contributed by atoms with Crippen molar-refractivity contribution >= 4 is 5.69 Å². The average Bonchev–Trinajstić information content (AvgIpc) is 2.38. The predicted molar refractivity (Wildman–Crippen MR) is 77.8 cm³/mol. The SMILES string of the molecule is COc1cccc(N(CCCO)C(C)C)c1[C@H](C)O. The van der Waals surface area contributed by atoms with Crippen molar-refractivity contribution < 1.29 is 14.9 Å². The summed E-state index contributed by atoms with van der Waals surface area (Å²) in [7, 11) is 1.61. The first-order valence-electron chi connectivity index (χ1n) is 6.75. The molecule has 0 unspecified atom stereocenters. The normalized spacial score (nSPS) is 12.6. The largest absolute Gasteiger partial charge is 0.496 e. The highest BCUT2D eigenvalue weighted by Crippen LogP contribution is 2.35. The van der Waals surface area contributed by atoms with Gasteiger partial charge in [0.15, 0.2) is 0 Å². The van der Waals surface area contributed by atoms with E-state index in [1.165, 1.54) is 0 Å². The molecule has 108 valence electrons. The number of aliphatic hydroxyl groups excluding tert-OH is 2. The highest BCUT2D eigenvalue weighted by molar-refractivity contribution is 5.60. The van der Waals surface area contributed by atoms with Crippen LogP contribution in [0.2, 0.25) is 0 Å². The summed E-state index contributed by atoms with van der Waals surface area (Å²) < 4.78 is 5.35. The van der Waals surface area contributed by atoms with Gasteiger partial charge in [-0.1, -0.05) is 6.07 Å². The van der Waals surface area contributed by atoms with Crippen LogP contribution in [-0.4, -0.2) is 36.5 Å². The van der Waals surface area contributed by atoms with Crippen molar-refractivity contribution in [2.45, 2.75) is 39.3 Å². The number of rotatable bonds is 7. The Labute approximate surface area is 115 Å². The van der Waals surface area contributed by atoms with E-state index < -0.39 is 6.10 Å². The minimum absolute atomic E-state index is 0.164. The van der Waals surface area contributed by atoms with Gasteiger partial charge in [0.05, 0.1) is 13.2 Å². The molecule has 1 aromatic rings. The van der Waals surface area contributed by atoms with Crippen LogP contribution < -0.4 is 9.64 Å². The molecule has 0 aliphatic heterocycles. The lowest BCUT2D eigenvalue weighted by molar-refractivity contribution is 0.194. The zero-order chi connectivity index (χ0) is 14.4. The van der Waals surface area contributed by atoms with Crippen LogP contribution in [0.1, 0.15) is 38.9 Å². The fourth-order valence-corrected chi connectivity index (χ4v) is 2.28. The fraction of sp³-hybridized carbons (Fsp3) is 0.600. The van der Waals surface area contributed by atoms with Crippen molar-refractivity contribution in [3.05, 3.63) is 23.8 Å². The first-order valence-corrected chi connectivity index (χ1v) is 6.75. The topological polar surface area (TPSA) is 52.9 Å². The van der Waals surface area contributed by atoms with Crippen molar-refractivity contribution in [1.82, 2.24) is 0 Å². The second-order valence-electron chi connectivity index (χ2n) is 4.93. The first kappa shape index (κ1) is 15.8. The summed E-state index contributed by atoms with van der Waals surface area (Å²) >= 11 is 0. The Hall–Kier alpha value is -1.26. The van der Waals surface area contributed by atoms with Gasteiger partial charge in [0.1, 0.15) is 5.75 Å². The first-order chi connectivity index (χ1) is 9.02. The molecular weight excluding hydrogens is 242 g/mol. The van der Waals surface area contributed by atoms with Crippen LogP contribution in [0.5, 0.6) is 5.75 Å². The third-order valence-corrected chi connectivity index (χ3v) is 3.17. The third kappa shape index (κ3) is 3.85. The van der Waals surface area contributed by atoms with Crippen molar-refractivity contribution in [3.63, 3.8) is 0 Å². The molecule has 0 spiro atoms. The molecule has 0 fully saturated rings. The Balaban J connectivity index is 3.21. The molecular formula is C15H25NO3. The number of methoxy groups -OCH3 is 1. The number of benzene rings is 1. The Morgan fingerprint density at radius 1 is 1.26 bits per heavy atom. The monoisotopic (exact) mass is 267 g/mol. The molecule has 0 heterocycles. The van der Waals surface area contributed by atoms with E-state index in [9.17, 15) is 5.11 Å². The average molecular weight is 267 g/mol. The minimum atomic E-state index is -0.596. The lowest BCUT2D eigenvalue weighted by atomic mass is 10.0. The molecule has 0 radical (unpaired) electrons. The van der Waals surface area contributed by atoms with Crippen LogP contribution in [0.4, 0.5) is 5.69 Å². The zero-order valence-electron chi connectivity index (χ0n) is 12.3. The van der Waals surface area contributed by atoms with E-state index in [1.54, 1.807) is 14.0 Å². The molecule has 0 amide bonds. The second kappa shape index (κ2) is 7.36. The van der Waals surface area contributed by atoms with Crippen LogP contribution in [0.15, 0.2) is 18.2 Å². The maximum Gasteiger partial charge on any atom is 0.126 e. The van der Waals surface area contributed by atoms with E-state index in [-0.39, 0.29) is 12.6 Å². The summed E-state index contributed by atoms with van der Waals surface area (Å²) in [6.45, 7) is 6.86. The minimum Gasteiger partial charge on any atom is -0.496 e. The molecule has 2 N–H and O–H groups in total. The van der Waals surface area contributed by atoms with Gasteiger partial charge in [-0.05, 0) is 39.3 Å². The second-order valence-corrected chi connectivity index (χ2v) is 4.93. The molecule has 1 atom stereocenters. The Morgan fingerprint density at radius 2 is 1.95 bits per heavy atom. The van der Waals surface area contributed by atoms with Gasteiger partial charge in [0.2, 0.25) is 0 Å². The van der Waals surface area contributed by atoms with Crippen LogP contribution in [-0.2, 0) is 0 Å². The van der Waals surface area contributed by atoms with Gasteiger partial charge in [-0.2, -0.15) is 0 Å². The van der Waals surface area contributed by atoms with E-state index in [2.05, 4.69) is 18.7 Å². The number of aliphatic hydroxyl groups is 2. The summed E-state index contributed by atoms with van der Waals surface area (Å²) in [6.07, 6.45) is 0.107. The predicted octanol–water partition coefficient (Wildman–Crippen LogP) is 2.35. The summed E-state index contributed by atoms with van der Waals surface area (Å²) in [5.41, 5.74) is 1.77. The van der Waals surface area contributed by atoms with Crippen LogP contribution in [0.25, 0.3) is 0 Å². The molecule has 4 heteroatoms. The maximum absolute atomic E-state index is 10.0. The van der Waals surface area contributed by atoms with E-state index in [0.717, 1.165) is 17.8 Å². The highest BCUT2D eigenvalue weighted by atomic mass is 16.5. The summed E-state index contributed by atoms with van der Waals surface area (Å²) in [6, 6.07) is 6.06.